The fourth-order valence-corrected chi connectivity index (χ4v) is 0.744. The van der Waals surface area contributed by atoms with Crippen molar-refractivity contribution in [3.63, 3.8) is 0 Å². The van der Waals surface area contributed by atoms with Gasteiger partial charge in [0.2, 0.25) is 0 Å². The molecule has 1 heterocycles. The van der Waals surface area contributed by atoms with Crippen molar-refractivity contribution < 1.29 is 36.6 Å². The lowest BCUT2D eigenvalue weighted by Crippen LogP contribution is -3.00. The maximum atomic E-state index is 8.89. The standard InChI is InChI=1S/C7H10NO.C2H4O2.BrH/c1-8-4-2-3-7(5-8)6-9;1-2(3)4;/h2-5,9H,6H2,1H3;1H3,(H,3,4);1H/q+1;;/p-2. The second-order valence-electron chi connectivity index (χ2n) is 2.53. The van der Waals surface area contributed by atoms with Gasteiger partial charge in [-0.05, 0) is 13.0 Å². The van der Waals surface area contributed by atoms with Crippen LogP contribution in [0.2, 0.25) is 0 Å². The fourth-order valence-electron chi connectivity index (χ4n) is 0.744. The number of pyridine rings is 1. The third-order valence-corrected chi connectivity index (χ3v) is 1.18. The Hall–Kier alpha value is -0.940. The van der Waals surface area contributed by atoms with Crippen LogP contribution < -0.4 is 26.7 Å². The Morgan fingerprint density at radius 3 is 2.43 bits per heavy atom. The number of carbonyl (C=O) groups is 1. The van der Waals surface area contributed by atoms with Gasteiger partial charge in [0.15, 0.2) is 12.4 Å². The van der Waals surface area contributed by atoms with Crippen LogP contribution in [0.25, 0.3) is 0 Å². The molecule has 1 rings (SSSR count). The van der Waals surface area contributed by atoms with Crippen LogP contribution in [-0.4, -0.2) is 11.1 Å². The Kier molecular flexibility index (Phi) is 9.59. The lowest BCUT2D eigenvalue weighted by Gasteiger charge is -1.89. The largest absolute Gasteiger partial charge is 1.00 e. The van der Waals surface area contributed by atoms with E-state index in [0.717, 1.165) is 12.5 Å². The van der Waals surface area contributed by atoms with Crippen molar-refractivity contribution in [2.24, 2.45) is 7.05 Å². The van der Waals surface area contributed by atoms with Gasteiger partial charge in [-0.15, -0.1) is 0 Å². The molecule has 0 fully saturated rings. The van der Waals surface area contributed by atoms with Gasteiger partial charge in [0.05, 0.1) is 6.61 Å². The summed E-state index contributed by atoms with van der Waals surface area (Å²) in [5.74, 6) is -1.08. The highest BCUT2D eigenvalue weighted by molar-refractivity contribution is 5.60. The SMILES string of the molecule is CC(=O)[O-].C[n+]1cccc(CO)c1.[Br-]. The number of rotatable bonds is 1. The number of carboxylic acids is 1. The molecule has 1 aromatic rings. The number of aromatic nitrogens is 1. The fraction of sp³-hybridized carbons (Fsp3) is 0.333. The zero-order chi connectivity index (χ0) is 10.3. The average molecular weight is 263 g/mol. The maximum absolute atomic E-state index is 8.89. The summed E-state index contributed by atoms with van der Waals surface area (Å²) in [6.45, 7) is 1.09. The predicted octanol–water partition coefficient (Wildman–Crippen LogP) is -4.24. The highest BCUT2D eigenvalue weighted by Gasteiger charge is 1.92. The smallest absolute Gasteiger partial charge is 0.174 e. The van der Waals surface area contributed by atoms with E-state index in [1.807, 2.05) is 36.1 Å². The predicted molar refractivity (Wildman–Crippen MR) is 44.2 cm³/mol. The van der Waals surface area contributed by atoms with Gasteiger partial charge in [0.1, 0.15) is 7.05 Å². The van der Waals surface area contributed by atoms with Crippen molar-refractivity contribution in [1.29, 1.82) is 0 Å². The minimum atomic E-state index is -1.08. The molecule has 14 heavy (non-hydrogen) atoms. The lowest BCUT2D eigenvalue weighted by molar-refractivity contribution is -0.672. The van der Waals surface area contributed by atoms with E-state index in [-0.39, 0.29) is 23.6 Å². The summed E-state index contributed by atoms with van der Waals surface area (Å²) in [4.78, 5) is 8.89. The first-order chi connectivity index (χ1) is 6.06. The topological polar surface area (TPSA) is 64.2 Å². The number of nitrogens with zero attached hydrogens (tertiary/aromatic N) is 1. The Balaban J connectivity index is 0. The Morgan fingerprint density at radius 2 is 2.14 bits per heavy atom. The molecule has 0 bridgehead atoms. The number of aliphatic carboxylic acids is 1. The lowest BCUT2D eigenvalue weighted by atomic mass is 10.3. The molecule has 80 valence electrons. The highest BCUT2D eigenvalue weighted by atomic mass is 79.9. The van der Waals surface area contributed by atoms with Crippen LogP contribution in [0, 0.1) is 0 Å². The molecule has 1 N–H and O–H groups in total. The molecular formula is C9H13BrNO3-. The van der Waals surface area contributed by atoms with Gasteiger partial charge in [0, 0.05) is 17.6 Å². The molecule has 0 saturated carbocycles. The molecule has 0 saturated heterocycles. The Morgan fingerprint density at radius 1 is 1.64 bits per heavy atom. The van der Waals surface area contributed by atoms with E-state index in [4.69, 9.17) is 15.0 Å². The van der Waals surface area contributed by atoms with Crippen LogP contribution >= 0.6 is 0 Å². The number of aliphatic hydroxyl groups is 1. The molecule has 1 aromatic heterocycles. The first kappa shape index (κ1) is 15.5. The summed E-state index contributed by atoms with van der Waals surface area (Å²) in [6.07, 6.45) is 3.82. The van der Waals surface area contributed by atoms with Crippen LogP contribution in [0.3, 0.4) is 0 Å². The van der Waals surface area contributed by atoms with E-state index in [9.17, 15) is 0 Å². The number of carboxylic acid groups (broad SMARTS) is 1. The second-order valence-corrected chi connectivity index (χ2v) is 2.53. The molecule has 0 atom stereocenters. The normalized spacial score (nSPS) is 7.93. The molecule has 0 unspecified atom stereocenters. The quantitative estimate of drug-likeness (QED) is 0.522. The zero-order valence-electron chi connectivity index (χ0n) is 8.11. The zero-order valence-corrected chi connectivity index (χ0v) is 9.69. The summed E-state index contributed by atoms with van der Waals surface area (Å²) in [5, 5.41) is 17.5. The summed E-state index contributed by atoms with van der Waals surface area (Å²) in [6, 6.07) is 3.80. The number of hydrogen-bond donors (Lipinski definition) is 1. The first-order valence-corrected chi connectivity index (χ1v) is 3.79. The van der Waals surface area contributed by atoms with Crippen LogP contribution in [0.4, 0.5) is 0 Å². The van der Waals surface area contributed by atoms with Gasteiger partial charge in [-0.2, -0.15) is 0 Å². The minimum Gasteiger partial charge on any atom is -1.00 e. The Labute approximate surface area is 93.6 Å². The van der Waals surface area contributed by atoms with Gasteiger partial charge in [0.25, 0.3) is 0 Å². The third-order valence-electron chi connectivity index (χ3n) is 1.18. The van der Waals surface area contributed by atoms with Gasteiger partial charge in [-0.25, -0.2) is 4.57 Å². The van der Waals surface area contributed by atoms with E-state index in [1.165, 1.54) is 0 Å². The van der Waals surface area contributed by atoms with Crippen LogP contribution in [0.5, 0.6) is 0 Å². The van der Waals surface area contributed by atoms with Gasteiger partial charge >= 0.3 is 0 Å². The van der Waals surface area contributed by atoms with Crippen LogP contribution in [0.1, 0.15) is 12.5 Å². The highest BCUT2D eigenvalue weighted by Crippen LogP contribution is 1.90. The molecule has 0 aromatic carbocycles. The summed E-state index contributed by atoms with van der Waals surface area (Å²) in [7, 11) is 1.93. The number of hydrogen-bond acceptors (Lipinski definition) is 3. The molecule has 0 aliphatic carbocycles. The summed E-state index contributed by atoms with van der Waals surface area (Å²) in [5.41, 5.74) is 0.944. The summed E-state index contributed by atoms with van der Waals surface area (Å²) >= 11 is 0. The van der Waals surface area contributed by atoms with Crippen molar-refractivity contribution in [2.45, 2.75) is 13.5 Å². The van der Waals surface area contributed by atoms with Crippen molar-refractivity contribution in [2.75, 3.05) is 0 Å². The third kappa shape index (κ3) is 9.15. The van der Waals surface area contributed by atoms with E-state index < -0.39 is 5.97 Å². The van der Waals surface area contributed by atoms with E-state index in [2.05, 4.69) is 0 Å². The molecule has 0 amide bonds. The molecule has 4 nitrogen and oxygen atoms in total. The minimum absolute atomic E-state index is 0. The van der Waals surface area contributed by atoms with Gasteiger partial charge < -0.3 is 32.0 Å². The maximum Gasteiger partial charge on any atom is 0.174 e. The van der Waals surface area contributed by atoms with Crippen LogP contribution in [-0.2, 0) is 18.4 Å². The molecule has 0 aliphatic heterocycles. The second kappa shape index (κ2) is 8.65. The average Bonchev–Trinajstić information content (AvgIpc) is 2.03. The van der Waals surface area contributed by atoms with E-state index in [0.29, 0.717) is 0 Å². The van der Waals surface area contributed by atoms with Gasteiger partial charge in [-0.3, -0.25) is 0 Å². The molecule has 5 heteroatoms. The first-order valence-electron chi connectivity index (χ1n) is 3.79. The van der Waals surface area contributed by atoms with Gasteiger partial charge in [-0.1, -0.05) is 0 Å². The van der Waals surface area contributed by atoms with Crippen molar-refractivity contribution in [3.8, 4) is 0 Å². The molecule has 0 aliphatic rings. The van der Waals surface area contributed by atoms with Crippen LogP contribution in [0.15, 0.2) is 24.5 Å². The molecule has 0 spiro atoms. The monoisotopic (exact) mass is 262 g/mol. The number of aliphatic hydroxyl groups excluding tert-OH is 1. The Bertz CT molecular complexity index is 275. The van der Waals surface area contributed by atoms with E-state index in [1.54, 1.807) is 0 Å². The van der Waals surface area contributed by atoms with Crippen molar-refractivity contribution in [3.05, 3.63) is 30.1 Å². The van der Waals surface area contributed by atoms with E-state index >= 15 is 0 Å². The molecular weight excluding hydrogens is 250 g/mol. The molecule has 0 radical (unpaired) electrons. The van der Waals surface area contributed by atoms with Crippen molar-refractivity contribution >= 4 is 5.97 Å². The number of aryl methyl sites for hydroxylation is 1. The number of carbonyl (C=O) groups excluding carboxylic acids is 1. The number of halogens is 1. The summed E-state index contributed by atoms with van der Waals surface area (Å²) < 4.78 is 1.91. The van der Waals surface area contributed by atoms with Crippen molar-refractivity contribution in [1.82, 2.24) is 0 Å².